The Morgan fingerprint density at radius 2 is 1.95 bits per heavy atom. The molecule has 1 aromatic carbocycles. The fourth-order valence-corrected chi connectivity index (χ4v) is 2.18. The standard InChI is InChI=1S/C15H13ClN4/c1-17-13-7-12(16)8-18-15(13)20-9-14(19-10-20)11-5-3-2-4-6-11/h2-10,17H,1H3. The summed E-state index contributed by atoms with van der Waals surface area (Å²) in [4.78, 5) is 8.78. The molecule has 20 heavy (non-hydrogen) atoms. The van der Waals surface area contributed by atoms with Crippen LogP contribution in [0.15, 0.2) is 55.1 Å². The molecule has 0 unspecified atom stereocenters. The zero-order valence-corrected chi connectivity index (χ0v) is 11.7. The first-order valence-corrected chi connectivity index (χ1v) is 6.59. The van der Waals surface area contributed by atoms with Crippen molar-refractivity contribution in [1.82, 2.24) is 14.5 Å². The number of hydrogen-bond acceptors (Lipinski definition) is 3. The van der Waals surface area contributed by atoms with Crippen LogP contribution in [0.1, 0.15) is 0 Å². The van der Waals surface area contributed by atoms with Gasteiger partial charge in [0.25, 0.3) is 0 Å². The highest BCUT2D eigenvalue weighted by Gasteiger charge is 2.08. The summed E-state index contributed by atoms with van der Waals surface area (Å²) in [5.74, 6) is 0.770. The van der Waals surface area contributed by atoms with Gasteiger partial charge in [0.15, 0.2) is 5.82 Å². The number of aromatic nitrogens is 3. The third-order valence-electron chi connectivity index (χ3n) is 3.00. The van der Waals surface area contributed by atoms with Crippen molar-refractivity contribution in [3.63, 3.8) is 0 Å². The number of imidazole rings is 1. The first-order chi connectivity index (χ1) is 9.78. The van der Waals surface area contributed by atoms with Gasteiger partial charge in [0.2, 0.25) is 0 Å². The highest BCUT2D eigenvalue weighted by molar-refractivity contribution is 6.30. The molecule has 100 valence electrons. The molecule has 0 aliphatic carbocycles. The fourth-order valence-electron chi connectivity index (χ4n) is 2.02. The smallest absolute Gasteiger partial charge is 0.161 e. The van der Waals surface area contributed by atoms with Gasteiger partial charge in [0.1, 0.15) is 6.33 Å². The normalized spacial score (nSPS) is 10.5. The lowest BCUT2D eigenvalue weighted by Crippen LogP contribution is -2.00. The molecule has 3 rings (SSSR count). The monoisotopic (exact) mass is 284 g/mol. The predicted molar refractivity (Wildman–Crippen MR) is 81.4 cm³/mol. The summed E-state index contributed by atoms with van der Waals surface area (Å²) in [5.41, 5.74) is 2.84. The average molecular weight is 285 g/mol. The van der Waals surface area contributed by atoms with Crippen molar-refractivity contribution in [3.8, 4) is 17.1 Å². The number of halogens is 1. The van der Waals surface area contributed by atoms with E-state index in [2.05, 4.69) is 15.3 Å². The quantitative estimate of drug-likeness (QED) is 0.799. The second-order valence-electron chi connectivity index (χ2n) is 4.31. The lowest BCUT2D eigenvalue weighted by molar-refractivity contribution is 0.994. The van der Waals surface area contributed by atoms with Crippen LogP contribution < -0.4 is 5.32 Å². The molecule has 2 aromatic heterocycles. The lowest BCUT2D eigenvalue weighted by Gasteiger charge is -2.08. The molecule has 1 N–H and O–H groups in total. The van der Waals surface area contributed by atoms with E-state index < -0.39 is 0 Å². The van der Waals surface area contributed by atoms with E-state index in [1.54, 1.807) is 12.5 Å². The van der Waals surface area contributed by atoms with Crippen LogP contribution in [0.2, 0.25) is 5.02 Å². The third-order valence-corrected chi connectivity index (χ3v) is 3.21. The molecular weight excluding hydrogens is 272 g/mol. The summed E-state index contributed by atoms with van der Waals surface area (Å²) in [6, 6.07) is 11.9. The molecule has 3 aromatic rings. The Kier molecular flexibility index (Phi) is 3.39. The molecule has 0 fully saturated rings. The highest BCUT2D eigenvalue weighted by Crippen LogP contribution is 2.23. The second-order valence-corrected chi connectivity index (χ2v) is 4.74. The van der Waals surface area contributed by atoms with Crippen LogP contribution >= 0.6 is 11.6 Å². The summed E-state index contributed by atoms with van der Waals surface area (Å²) in [6.07, 6.45) is 5.33. The molecule has 2 heterocycles. The topological polar surface area (TPSA) is 42.7 Å². The Morgan fingerprint density at radius 1 is 1.15 bits per heavy atom. The molecule has 5 heteroatoms. The number of nitrogens with one attached hydrogen (secondary N) is 1. The summed E-state index contributed by atoms with van der Waals surface area (Å²) >= 11 is 5.96. The van der Waals surface area contributed by atoms with Crippen molar-refractivity contribution in [3.05, 3.63) is 60.1 Å². The van der Waals surface area contributed by atoms with Gasteiger partial charge in [-0.05, 0) is 6.07 Å². The second kappa shape index (κ2) is 5.35. The average Bonchev–Trinajstić information content (AvgIpc) is 2.97. The molecule has 0 saturated heterocycles. The maximum atomic E-state index is 5.96. The van der Waals surface area contributed by atoms with E-state index in [1.165, 1.54) is 0 Å². The molecular formula is C15H13ClN4. The van der Waals surface area contributed by atoms with E-state index in [0.717, 1.165) is 22.8 Å². The third kappa shape index (κ3) is 2.38. The van der Waals surface area contributed by atoms with Crippen LogP contribution in [0.25, 0.3) is 17.1 Å². The summed E-state index contributed by atoms with van der Waals surface area (Å²) in [7, 11) is 1.84. The van der Waals surface area contributed by atoms with Gasteiger partial charge in [-0.3, -0.25) is 4.57 Å². The Hall–Kier alpha value is -2.33. The molecule has 0 spiro atoms. The van der Waals surface area contributed by atoms with E-state index in [9.17, 15) is 0 Å². The Morgan fingerprint density at radius 3 is 2.70 bits per heavy atom. The summed E-state index contributed by atoms with van der Waals surface area (Å²) in [5, 5.41) is 3.69. The highest BCUT2D eigenvalue weighted by atomic mass is 35.5. The number of nitrogens with zero attached hydrogens (tertiary/aromatic N) is 3. The van der Waals surface area contributed by atoms with Gasteiger partial charge in [-0.2, -0.15) is 0 Å². The Labute approximate surface area is 122 Å². The molecule has 0 aliphatic rings. The van der Waals surface area contributed by atoms with Gasteiger partial charge < -0.3 is 5.32 Å². The van der Waals surface area contributed by atoms with Crippen LogP contribution in [0.3, 0.4) is 0 Å². The van der Waals surface area contributed by atoms with Gasteiger partial charge in [-0.25, -0.2) is 9.97 Å². The van der Waals surface area contributed by atoms with Gasteiger partial charge in [-0.15, -0.1) is 0 Å². The van der Waals surface area contributed by atoms with Crippen LogP contribution in [-0.4, -0.2) is 21.6 Å². The fraction of sp³-hybridized carbons (Fsp3) is 0.0667. The van der Waals surface area contributed by atoms with E-state index in [-0.39, 0.29) is 0 Å². The minimum absolute atomic E-state index is 0.599. The molecule has 0 bridgehead atoms. The number of benzene rings is 1. The summed E-state index contributed by atoms with van der Waals surface area (Å²) in [6.45, 7) is 0. The van der Waals surface area contributed by atoms with Gasteiger partial charge in [-0.1, -0.05) is 41.9 Å². The molecule has 0 aliphatic heterocycles. The van der Waals surface area contributed by atoms with E-state index >= 15 is 0 Å². The van der Waals surface area contributed by atoms with E-state index in [1.807, 2.05) is 54.2 Å². The van der Waals surface area contributed by atoms with Gasteiger partial charge >= 0.3 is 0 Å². The zero-order chi connectivity index (χ0) is 13.9. The molecule has 0 amide bonds. The summed E-state index contributed by atoms with van der Waals surface area (Å²) < 4.78 is 1.88. The SMILES string of the molecule is CNc1cc(Cl)cnc1-n1cnc(-c2ccccc2)c1. The largest absolute Gasteiger partial charge is 0.385 e. The number of pyridine rings is 1. The van der Waals surface area contributed by atoms with Crippen molar-refractivity contribution in [2.24, 2.45) is 0 Å². The van der Waals surface area contributed by atoms with Crippen molar-refractivity contribution >= 4 is 17.3 Å². The molecule has 0 radical (unpaired) electrons. The van der Waals surface area contributed by atoms with Crippen molar-refractivity contribution < 1.29 is 0 Å². The lowest BCUT2D eigenvalue weighted by atomic mass is 10.2. The van der Waals surface area contributed by atoms with Crippen LogP contribution in [0.5, 0.6) is 0 Å². The number of anilines is 1. The minimum atomic E-state index is 0.599. The number of rotatable bonds is 3. The van der Waals surface area contributed by atoms with Crippen molar-refractivity contribution in [2.45, 2.75) is 0 Å². The maximum Gasteiger partial charge on any atom is 0.161 e. The predicted octanol–water partition coefficient (Wildman–Crippen LogP) is 3.63. The molecule has 4 nitrogen and oxygen atoms in total. The van der Waals surface area contributed by atoms with Crippen molar-refractivity contribution in [1.29, 1.82) is 0 Å². The molecule has 0 saturated carbocycles. The first kappa shape index (κ1) is 12.7. The van der Waals surface area contributed by atoms with Gasteiger partial charge in [0, 0.05) is 25.0 Å². The Bertz CT molecular complexity index is 722. The van der Waals surface area contributed by atoms with Crippen LogP contribution in [0.4, 0.5) is 5.69 Å². The van der Waals surface area contributed by atoms with Crippen molar-refractivity contribution in [2.75, 3.05) is 12.4 Å². The van der Waals surface area contributed by atoms with Gasteiger partial charge in [0.05, 0.1) is 16.4 Å². The first-order valence-electron chi connectivity index (χ1n) is 6.21. The van der Waals surface area contributed by atoms with E-state index in [0.29, 0.717) is 5.02 Å². The Balaban J connectivity index is 2.02. The van der Waals surface area contributed by atoms with Crippen LogP contribution in [0, 0.1) is 0 Å². The number of hydrogen-bond donors (Lipinski definition) is 1. The maximum absolute atomic E-state index is 5.96. The van der Waals surface area contributed by atoms with E-state index in [4.69, 9.17) is 11.6 Å². The zero-order valence-electron chi connectivity index (χ0n) is 10.9. The van der Waals surface area contributed by atoms with Crippen LogP contribution in [-0.2, 0) is 0 Å². The molecule has 0 atom stereocenters. The minimum Gasteiger partial charge on any atom is -0.385 e.